The summed E-state index contributed by atoms with van der Waals surface area (Å²) in [4.78, 5) is 36.7. The number of nitrogens with one attached hydrogen (secondary N) is 1. The van der Waals surface area contributed by atoms with Crippen LogP contribution in [-0.4, -0.2) is 34.3 Å². The highest BCUT2D eigenvalue weighted by Gasteiger charge is 2.13. The Hall–Kier alpha value is -4.06. The first-order valence-electron chi connectivity index (χ1n) is 9.96. The number of benzene rings is 2. The molecule has 0 amide bonds. The molecule has 0 saturated carbocycles. The highest BCUT2D eigenvalue weighted by Crippen LogP contribution is 2.22. The lowest BCUT2D eigenvalue weighted by molar-refractivity contribution is -0.0462. The molecule has 0 unspecified atom stereocenters. The summed E-state index contributed by atoms with van der Waals surface area (Å²) < 4.78 is 7.80. The maximum absolute atomic E-state index is 12.8. The number of aliphatic hydroxyl groups is 2. The van der Waals surface area contributed by atoms with Gasteiger partial charge in [-0.15, -0.1) is 0 Å². The minimum Gasteiger partial charge on any atom is -0.424 e. The van der Waals surface area contributed by atoms with E-state index in [1.807, 2.05) is 0 Å². The molecule has 174 valence electrons. The van der Waals surface area contributed by atoms with Crippen molar-refractivity contribution in [2.45, 2.75) is 12.8 Å². The Morgan fingerprint density at radius 1 is 1.03 bits per heavy atom. The van der Waals surface area contributed by atoms with Gasteiger partial charge in [-0.2, -0.15) is 9.97 Å². The molecular formula is C22H19ClN6O5. The van der Waals surface area contributed by atoms with Gasteiger partial charge in [0.1, 0.15) is 11.4 Å². The molecular weight excluding hydrogens is 464 g/mol. The van der Waals surface area contributed by atoms with Crippen LogP contribution in [0.15, 0.2) is 70.4 Å². The molecule has 34 heavy (non-hydrogen) atoms. The summed E-state index contributed by atoms with van der Waals surface area (Å²) in [6.07, 6.45) is -0.400. The van der Waals surface area contributed by atoms with Crippen LogP contribution in [0.1, 0.15) is 17.5 Å². The van der Waals surface area contributed by atoms with E-state index < -0.39 is 17.7 Å². The average Bonchev–Trinajstić information content (AvgIpc) is 2.83. The highest BCUT2D eigenvalue weighted by molar-refractivity contribution is 6.30. The van der Waals surface area contributed by atoms with E-state index in [1.54, 1.807) is 48.5 Å². The number of hydrogen-bond donors (Lipinski definition) is 3. The number of aromatic nitrogens is 5. The molecule has 4 aromatic rings. The lowest BCUT2D eigenvalue weighted by atomic mass is 10.2. The van der Waals surface area contributed by atoms with E-state index in [9.17, 15) is 19.8 Å². The van der Waals surface area contributed by atoms with Gasteiger partial charge in [0.25, 0.3) is 0 Å². The van der Waals surface area contributed by atoms with E-state index in [0.717, 1.165) is 10.1 Å². The van der Waals surface area contributed by atoms with Crippen LogP contribution in [0.3, 0.4) is 0 Å². The normalized spacial score (nSPS) is 11.0. The van der Waals surface area contributed by atoms with Gasteiger partial charge >= 0.3 is 17.4 Å². The zero-order valence-corrected chi connectivity index (χ0v) is 18.5. The molecule has 0 aliphatic carbocycles. The van der Waals surface area contributed by atoms with Crippen molar-refractivity contribution in [1.82, 2.24) is 24.1 Å². The van der Waals surface area contributed by atoms with Crippen molar-refractivity contribution in [2.24, 2.45) is 7.05 Å². The van der Waals surface area contributed by atoms with Crippen molar-refractivity contribution >= 4 is 23.2 Å². The number of hydrogen-bond acceptors (Lipinski definition) is 9. The van der Waals surface area contributed by atoms with E-state index in [1.165, 1.54) is 23.9 Å². The number of halogens is 1. The van der Waals surface area contributed by atoms with Crippen LogP contribution in [0.5, 0.6) is 11.8 Å². The van der Waals surface area contributed by atoms with Gasteiger partial charge in [-0.25, -0.2) is 19.1 Å². The molecule has 3 N–H and O–H groups in total. The summed E-state index contributed by atoms with van der Waals surface area (Å²) in [6.45, 7) is 0.172. The van der Waals surface area contributed by atoms with Crippen molar-refractivity contribution in [2.75, 3.05) is 5.32 Å². The largest absolute Gasteiger partial charge is 0.424 e. The molecule has 0 atom stereocenters. The van der Waals surface area contributed by atoms with E-state index >= 15 is 0 Å². The number of anilines is 2. The van der Waals surface area contributed by atoms with Gasteiger partial charge in [0.2, 0.25) is 5.95 Å². The molecule has 2 aromatic heterocycles. The summed E-state index contributed by atoms with van der Waals surface area (Å²) in [7, 11) is 1.36. The Labute approximate surface area is 197 Å². The Morgan fingerprint density at radius 2 is 1.74 bits per heavy atom. The third-order valence-electron chi connectivity index (χ3n) is 4.76. The van der Waals surface area contributed by atoms with Crippen molar-refractivity contribution in [1.29, 1.82) is 0 Å². The molecule has 0 aliphatic heterocycles. The van der Waals surface area contributed by atoms with Crippen LogP contribution in [0.2, 0.25) is 5.02 Å². The van der Waals surface area contributed by atoms with Crippen molar-refractivity contribution < 1.29 is 14.9 Å². The Kier molecular flexibility index (Phi) is 6.68. The zero-order chi connectivity index (χ0) is 24.2. The summed E-state index contributed by atoms with van der Waals surface area (Å²) >= 11 is 5.94. The fourth-order valence-electron chi connectivity index (χ4n) is 2.98. The standard InChI is InChI=1S/C22H19ClN6O5/c1-28-21(32)27-19(29(22(28)33)12-13-2-4-14(23)5-3-13)25-15-6-8-16(9-7-15)34-20-24-11-10-17(26-20)18(30)31/h2-11,18,30-31H,12H2,1H3,(H,25,27,32). The summed E-state index contributed by atoms with van der Waals surface area (Å²) in [5.41, 5.74) is 0.119. The van der Waals surface area contributed by atoms with Crippen LogP contribution in [0, 0.1) is 0 Å². The molecule has 0 spiro atoms. The smallest absolute Gasteiger partial charge is 0.354 e. The van der Waals surface area contributed by atoms with Crippen LogP contribution < -0.4 is 21.4 Å². The van der Waals surface area contributed by atoms with Gasteiger partial charge in [-0.05, 0) is 48.0 Å². The van der Waals surface area contributed by atoms with E-state index in [0.29, 0.717) is 16.5 Å². The van der Waals surface area contributed by atoms with Gasteiger partial charge in [-0.3, -0.25) is 4.57 Å². The second-order valence-corrected chi connectivity index (χ2v) is 7.60. The Balaban J connectivity index is 1.57. The number of nitrogens with zero attached hydrogens (tertiary/aromatic N) is 5. The molecule has 0 bridgehead atoms. The lowest BCUT2D eigenvalue weighted by Crippen LogP contribution is -2.41. The molecule has 2 heterocycles. The second kappa shape index (κ2) is 9.83. The summed E-state index contributed by atoms with van der Waals surface area (Å²) in [6, 6.07) is 14.8. The first kappa shape index (κ1) is 23.1. The molecule has 12 heteroatoms. The first-order chi connectivity index (χ1) is 16.3. The van der Waals surface area contributed by atoms with Gasteiger partial charge in [0.15, 0.2) is 6.29 Å². The van der Waals surface area contributed by atoms with Crippen LogP contribution >= 0.6 is 11.6 Å². The number of rotatable bonds is 7. The average molecular weight is 483 g/mol. The third kappa shape index (κ3) is 5.29. The minimum absolute atomic E-state index is 0.00122. The summed E-state index contributed by atoms with van der Waals surface area (Å²) in [5.74, 6) is 0.454. The van der Waals surface area contributed by atoms with Crippen molar-refractivity contribution in [3.05, 3.63) is 98.0 Å². The second-order valence-electron chi connectivity index (χ2n) is 7.16. The monoisotopic (exact) mass is 482 g/mol. The predicted molar refractivity (Wildman–Crippen MR) is 123 cm³/mol. The SMILES string of the molecule is Cn1c(=O)nc(Nc2ccc(Oc3nccc(C(O)O)n3)cc2)n(Cc2ccc(Cl)cc2)c1=O. The quantitative estimate of drug-likeness (QED) is 0.336. The molecule has 0 fully saturated rings. The van der Waals surface area contributed by atoms with E-state index in [2.05, 4.69) is 20.3 Å². The highest BCUT2D eigenvalue weighted by atomic mass is 35.5. The fraction of sp³-hybridized carbons (Fsp3) is 0.136. The third-order valence-corrected chi connectivity index (χ3v) is 5.01. The first-order valence-corrected chi connectivity index (χ1v) is 10.3. The van der Waals surface area contributed by atoms with Crippen molar-refractivity contribution in [3.63, 3.8) is 0 Å². The molecule has 2 aromatic carbocycles. The van der Waals surface area contributed by atoms with E-state index in [4.69, 9.17) is 16.3 Å². The maximum atomic E-state index is 12.8. The Bertz CT molecular complexity index is 1420. The minimum atomic E-state index is -1.74. The van der Waals surface area contributed by atoms with Gasteiger partial charge in [0.05, 0.1) is 6.54 Å². The van der Waals surface area contributed by atoms with Gasteiger partial charge < -0.3 is 20.3 Å². The molecule has 0 radical (unpaired) electrons. The maximum Gasteiger partial charge on any atom is 0.354 e. The topological polar surface area (TPSA) is 144 Å². The van der Waals surface area contributed by atoms with Crippen LogP contribution in [-0.2, 0) is 13.6 Å². The van der Waals surface area contributed by atoms with Crippen molar-refractivity contribution in [3.8, 4) is 11.8 Å². The predicted octanol–water partition coefficient (Wildman–Crippen LogP) is 1.95. The van der Waals surface area contributed by atoms with Gasteiger partial charge in [0, 0.05) is 24.0 Å². The van der Waals surface area contributed by atoms with Gasteiger partial charge in [-0.1, -0.05) is 23.7 Å². The molecule has 0 aliphatic rings. The van der Waals surface area contributed by atoms with Crippen LogP contribution in [0.4, 0.5) is 11.6 Å². The number of aliphatic hydroxyl groups excluding tert-OH is 1. The molecule has 11 nitrogen and oxygen atoms in total. The molecule has 0 saturated heterocycles. The number of ether oxygens (including phenoxy) is 1. The Morgan fingerprint density at radius 3 is 2.41 bits per heavy atom. The fourth-order valence-corrected chi connectivity index (χ4v) is 3.10. The lowest BCUT2D eigenvalue weighted by Gasteiger charge is -2.14. The summed E-state index contributed by atoms with van der Waals surface area (Å²) in [5, 5.41) is 22.0. The molecule has 4 rings (SSSR count). The van der Waals surface area contributed by atoms with E-state index in [-0.39, 0.29) is 24.2 Å². The van der Waals surface area contributed by atoms with Crippen LogP contribution in [0.25, 0.3) is 0 Å². The zero-order valence-electron chi connectivity index (χ0n) is 17.8.